The molecule has 0 aliphatic carbocycles. The smallest absolute Gasteiger partial charge is 0.220 e. The Morgan fingerprint density at radius 2 is 1.96 bits per heavy atom. The van der Waals surface area contributed by atoms with E-state index in [0.717, 1.165) is 24.8 Å². The Kier molecular flexibility index (Phi) is 6.59. The van der Waals surface area contributed by atoms with E-state index in [-0.39, 0.29) is 11.7 Å². The van der Waals surface area contributed by atoms with Gasteiger partial charge in [0.15, 0.2) is 0 Å². The largest absolute Gasteiger partial charge is 0.356 e. The summed E-state index contributed by atoms with van der Waals surface area (Å²) in [5.41, 5.74) is 2.37. The van der Waals surface area contributed by atoms with Crippen LogP contribution in [0.5, 0.6) is 0 Å². The van der Waals surface area contributed by atoms with Gasteiger partial charge in [0.25, 0.3) is 0 Å². The molecule has 6 heteroatoms. The van der Waals surface area contributed by atoms with Crippen molar-refractivity contribution in [3.63, 3.8) is 0 Å². The molecule has 0 saturated carbocycles. The van der Waals surface area contributed by atoms with Gasteiger partial charge in [0.1, 0.15) is 0 Å². The third-order valence-electron chi connectivity index (χ3n) is 4.12. The highest BCUT2D eigenvalue weighted by atomic mass is 32.2. The van der Waals surface area contributed by atoms with E-state index in [1.165, 1.54) is 5.56 Å². The molecular formula is C17H26N2O3S. The third kappa shape index (κ3) is 5.95. The predicted molar refractivity (Wildman–Crippen MR) is 91.7 cm³/mol. The van der Waals surface area contributed by atoms with Crippen LogP contribution in [0.15, 0.2) is 24.3 Å². The lowest BCUT2D eigenvalue weighted by Gasteiger charge is -2.26. The number of nitrogens with one attached hydrogen (secondary N) is 1. The van der Waals surface area contributed by atoms with Crippen LogP contribution in [0.2, 0.25) is 0 Å². The SMILES string of the molecule is Cc1ccc(CCC(=O)NCCCN2CCCCS2(=O)=O)cc1. The van der Waals surface area contributed by atoms with Crippen molar-refractivity contribution in [1.82, 2.24) is 9.62 Å². The Hall–Kier alpha value is -1.40. The fourth-order valence-corrected chi connectivity index (χ4v) is 4.32. The first-order valence-corrected chi connectivity index (χ1v) is 9.88. The van der Waals surface area contributed by atoms with Gasteiger partial charge in [-0.05, 0) is 38.2 Å². The molecule has 5 nitrogen and oxygen atoms in total. The Bertz CT molecular complexity index is 611. The molecular weight excluding hydrogens is 312 g/mol. The Morgan fingerprint density at radius 1 is 1.22 bits per heavy atom. The highest BCUT2D eigenvalue weighted by molar-refractivity contribution is 7.89. The van der Waals surface area contributed by atoms with Crippen molar-refractivity contribution in [2.45, 2.75) is 39.0 Å². The summed E-state index contributed by atoms with van der Waals surface area (Å²) in [5, 5.41) is 2.87. The maximum atomic E-state index is 11.8. The van der Waals surface area contributed by atoms with Crippen LogP contribution >= 0.6 is 0 Å². The average Bonchev–Trinajstić information content (AvgIpc) is 2.52. The molecule has 23 heavy (non-hydrogen) atoms. The van der Waals surface area contributed by atoms with Crippen molar-refractivity contribution in [3.8, 4) is 0 Å². The number of nitrogens with zero attached hydrogens (tertiary/aromatic N) is 1. The van der Waals surface area contributed by atoms with Crippen LogP contribution in [0.3, 0.4) is 0 Å². The van der Waals surface area contributed by atoms with E-state index in [2.05, 4.69) is 5.32 Å². The molecule has 1 aliphatic heterocycles. The molecule has 1 saturated heterocycles. The Morgan fingerprint density at radius 3 is 2.65 bits per heavy atom. The second-order valence-corrected chi connectivity index (χ2v) is 8.20. The minimum Gasteiger partial charge on any atom is -0.356 e. The predicted octanol–water partition coefficient (Wildman–Crippen LogP) is 1.86. The molecule has 0 bridgehead atoms. The molecule has 0 spiro atoms. The van der Waals surface area contributed by atoms with Crippen molar-refractivity contribution >= 4 is 15.9 Å². The van der Waals surface area contributed by atoms with Crippen LogP contribution in [0.1, 0.15) is 36.8 Å². The molecule has 0 unspecified atom stereocenters. The van der Waals surface area contributed by atoms with Crippen LogP contribution in [-0.4, -0.2) is 44.0 Å². The number of rotatable bonds is 7. The van der Waals surface area contributed by atoms with Gasteiger partial charge < -0.3 is 5.32 Å². The van der Waals surface area contributed by atoms with E-state index >= 15 is 0 Å². The molecule has 2 rings (SSSR count). The third-order valence-corrected chi connectivity index (χ3v) is 6.08. The minimum atomic E-state index is -3.05. The first-order valence-electron chi connectivity index (χ1n) is 8.27. The summed E-state index contributed by atoms with van der Waals surface area (Å²) in [7, 11) is -3.05. The fourth-order valence-electron chi connectivity index (χ4n) is 2.68. The first kappa shape index (κ1) is 17.9. The van der Waals surface area contributed by atoms with Crippen LogP contribution in [-0.2, 0) is 21.2 Å². The minimum absolute atomic E-state index is 0.0204. The molecule has 0 radical (unpaired) electrons. The van der Waals surface area contributed by atoms with E-state index in [1.807, 2.05) is 31.2 Å². The van der Waals surface area contributed by atoms with E-state index in [0.29, 0.717) is 32.5 Å². The lowest BCUT2D eigenvalue weighted by molar-refractivity contribution is -0.121. The second-order valence-electron chi connectivity index (χ2n) is 6.11. The molecule has 1 heterocycles. The summed E-state index contributed by atoms with van der Waals surface area (Å²) < 4.78 is 25.2. The van der Waals surface area contributed by atoms with Gasteiger partial charge in [0.2, 0.25) is 15.9 Å². The number of aryl methyl sites for hydroxylation is 2. The van der Waals surface area contributed by atoms with Crippen molar-refractivity contribution in [1.29, 1.82) is 0 Å². The maximum absolute atomic E-state index is 11.8. The Balaban J connectivity index is 1.62. The molecule has 1 amide bonds. The van der Waals surface area contributed by atoms with E-state index in [4.69, 9.17) is 0 Å². The number of amides is 1. The summed E-state index contributed by atoms with van der Waals surface area (Å²) in [5.74, 6) is 0.280. The number of hydrogen-bond acceptors (Lipinski definition) is 3. The maximum Gasteiger partial charge on any atom is 0.220 e. The van der Waals surface area contributed by atoms with Gasteiger partial charge in [-0.2, -0.15) is 0 Å². The average molecular weight is 338 g/mol. The van der Waals surface area contributed by atoms with Gasteiger partial charge in [-0.3, -0.25) is 4.79 Å². The first-order chi connectivity index (χ1) is 11.0. The zero-order valence-corrected chi connectivity index (χ0v) is 14.6. The van der Waals surface area contributed by atoms with E-state index < -0.39 is 10.0 Å². The van der Waals surface area contributed by atoms with Gasteiger partial charge in [-0.25, -0.2) is 12.7 Å². The van der Waals surface area contributed by atoms with E-state index in [1.54, 1.807) is 4.31 Å². The quantitative estimate of drug-likeness (QED) is 0.772. The van der Waals surface area contributed by atoms with Gasteiger partial charge >= 0.3 is 0 Å². The van der Waals surface area contributed by atoms with Gasteiger partial charge in [-0.15, -0.1) is 0 Å². The molecule has 1 aliphatic rings. The summed E-state index contributed by atoms with van der Waals surface area (Å²) in [6.07, 6.45) is 3.55. The molecule has 128 valence electrons. The normalized spacial score (nSPS) is 17.8. The summed E-state index contributed by atoms with van der Waals surface area (Å²) in [6.45, 7) is 3.68. The highest BCUT2D eigenvalue weighted by Gasteiger charge is 2.24. The van der Waals surface area contributed by atoms with Crippen molar-refractivity contribution < 1.29 is 13.2 Å². The lowest BCUT2D eigenvalue weighted by Crippen LogP contribution is -2.39. The molecule has 1 aromatic rings. The number of carbonyl (C=O) groups is 1. The second kappa shape index (κ2) is 8.45. The highest BCUT2D eigenvalue weighted by Crippen LogP contribution is 2.13. The molecule has 1 fully saturated rings. The zero-order chi connectivity index (χ0) is 16.7. The van der Waals surface area contributed by atoms with Crippen molar-refractivity contribution in [2.24, 2.45) is 0 Å². The van der Waals surface area contributed by atoms with Crippen LogP contribution in [0.4, 0.5) is 0 Å². The van der Waals surface area contributed by atoms with Gasteiger partial charge in [0, 0.05) is 26.1 Å². The number of benzene rings is 1. The topological polar surface area (TPSA) is 66.5 Å². The van der Waals surface area contributed by atoms with Crippen molar-refractivity contribution in [3.05, 3.63) is 35.4 Å². The van der Waals surface area contributed by atoms with Gasteiger partial charge in [-0.1, -0.05) is 29.8 Å². The number of sulfonamides is 1. The van der Waals surface area contributed by atoms with Crippen LogP contribution in [0, 0.1) is 6.92 Å². The standard InChI is InChI=1S/C17H26N2O3S/c1-15-5-7-16(8-6-15)9-10-17(20)18-11-4-13-19-12-2-3-14-23(19,21)22/h5-8H,2-4,9-14H2,1H3,(H,18,20). The number of hydrogen-bond donors (Lipinski definition) is 1. The summed E-state index contributed by atoms with van der Waals surface area (Å²) in [4.78, 5) is 11.8. The van der Waals surface area contributed by atoms with Crippen LogP contribution in [0.25, 0.3) is 0 Å². The van der Waals surface area contributed by atoms with Gasteiger partial charge in [0.05, 0.1) is 5.75 Å². The van der Waals surface area contributed by atoms with Crippen molar-refractivity contribution in [2.75, 3.05) is 25.4 Å². The molecule has 1 N–H and O–H groups in total. The summed E-state index contributed by atoms with van der Waals surface area (Å²) >= 11 is 0. The van der Waals surface area contributed by atoms with Crippen LogP contribution < -0.4 is 5.32 Å². The molecule has 0 atom stereocenters. The lowest BCUT2D eigenvalue weighted by atomic mass is 10.1. The summed E-state index contributed by atoms with van der Waals surface area (Å²) in [6, 6.07) is 8.19. The fraction of sp³-hybridized carbons (Fsp3) is 0.588. The monoisotopic (exact) mass is 338 g/mol. The zero-order valence-electron chi connectivity index (χ0n) is 13.8. The molecule has 1 aromatic carbocycles. The Labute approximate surface area is 139 Å². The number of carbonyl (C=O) groups excluding carboxylic acids is 1. The van der Waals surface area contributed by atoms with E-state index in [9.17, 15) is 13.2 Å². The molecule has 0 aromatic heterocycles.